The van der Waals surface area contributed by atoms with Crippen LogP contribution in [-0.4, -0.2) is 37.2 Å². The van der Waals surface area contributed by atoms with E-state index in [9.17, 15) is 14.4 Å². The lowest BCUT2D eigenvalue weighted by Gasteiger charge is -2.18. The van der Waals surface area contributed by atoms with Crippen LogP contribution in [0.5, 0.6) is 0 Å². The van der Waals surface area contributed by atoms with E-state index in [0.717, 1.165) is 83.5 Å². The fourth-order valence-corrected chi connectivity index (χ4v) is 9.41. The number of hydrogen-bond acceptors (Lipinski definition) is 6. The zero-order chi connectivity index (χ0) is 56.4. The second-order valence-electron chi connectivity index (χ2n) is 22.0. The van der Waals surface area contributed by atoms with Crippen LogP contribution < -0.4 is 0 Å². The minimum atomic E-state index is -0.817. The molecule has 0 aromatic carbocycles. The number of esters is 3. The van der Waals surface area contributed by atoms with Crippen molar-refractivity contribution in [3.05, 3.63) is 97.2 Å². The third kappa shape index (κ3) is 63.2. The van der Waals surface area contributed by atoms with Crippen LogP contribution in [0.15, 0.2) is 97.2 Å². The third-order valence-corrected chi connectivity index (χ3v) is 14.4. The quantitative estimate of drug-likeness (QED) is 0.0261. The average molecular weight is 1090 g/mol. The topological polar surface area (TPSA) is 78.9 Å². The van der Waals surface area contributed by atoms with Crippen LogP contribution in [0, 0.1) is 0 Å². The van der Waals surface area contributed by atoms with Crippen LogP contribution in [0.4, 0.5) is 0 Å². The lowest BCUT2D eigenvalue weighted by molar-refractivity contribution is -0.166. The number of ether oxygens (including phenoxy) is 3. The van der Waals surface area contributed by atoms with Gasteiger partial charge in [-0.05, 0) is 83.5 Å². The normalized spacial score (nSPS) is 12.7. The highest BCUT2D eigenvalue weighted by Crippen LogP contribution is 2.17. The van der Waals surface area contributed by atoms with Gasteiger partial charge in [0.2, 0.25) is 0 Å². The molecule has 0 N–H and O–H groups in total. The van der Waals surface area contributed by atoms with Crippen molar-refractivity contribution in [1.29, 1.82) is 0 Å². The average Bonchev–Trinajstić information content (AvgIpc) is 3.44. The van der Waals surface area contributed by atoms with Gasteiger partial charge >= 0.3 is 17.9 Å². The molecule has 0 amide bonds. The van der Waals surface area contributed by atoms with Crippen molar-refractivity contribution in [3.8, 4) is 0 Å². The van der Waals surface area contributed by atoms with Crippen LogP contribution in [0.2, 0.25) is 0 Å². The van der Waals surface area contributed by atoms with Gasteiger partial charge in [-0.1, -0.05) is 317 Å². The number of hydrogen-bond donors (Lipinski definition) is 0. The lowest BCUT2D eigenvalue weighted by atomic mass is 10.0. The Morgan fingerprint density at radius 1 is 0.282 bits per heavy atom. The molecule has 0 bridgehead atoms. The van der Waals surface area contributed by atoms with Gasteiger partial charge in [-0.2, -0.15) is 0 Å². The zero-order valence-corrected chi connectivity index (χ0v) is 51.4. The fourth-order valence-electron chi connectivity index (χ4n) is 9.41. The molecule has 1 unspecified atom stereocenters. The summed E-state index contributed by atoms with van der Waals surface area (Å²) in [5, 5.41) is 0. The van der Waals surface area contributed by atoms with Crippen molar-refractivity contribution < 1.29 is 28.6 Å². The minimum Gasteiger partial charge on any atom is -0.462 e. The van der Waals surface area contributed by atoms with Crippen molar-refractivity contribution in [2.24, 2.45) is 0 Å². The number of unbranched alkanes of at least 4 members (excludes halogenated alkanes) is 34. The highest BCUT2D eigenvalue weighted by atomic mass is 16.6. The molecule has 0 radical (unpaired) electrons. The number of carbonyl (C=O) groups is 3. The summed E-state index contributed by atoms with van der Waals surface area (Å²) in [6.45, 7) is 6.46. The Morgan fingerprint density at radius 3 is 0.897 bits per heavy atom. The van der Waals surface area contributed by atoms with E-state index in [-0.39, 0.29) is 31.6 Å². The highest BCUT2D eigenvalue weighted by molar-refractivity contribution is 5.72. The molecular weight excluding hydrogens is 961 g/mol. The largest absolute Gasteiger partial charge is 0.462 e. The molecule has 0 aromatic rings. The van der Waals surface area contributed by atoms with Gasteiger partial charge in [0.15, 0.2) is 6.10 Å². The second-order valence-corrected chi connectivity index (χ2v) is 22.0. The van der Waals surface area contributed by atoms with Gasteiger partial charge in [0.25, 0.3) is 0 Å². The molecule has 1 atom stereocenters. The number of rotatable bonds is 60. The van der Waals surface area contributed by atoms with Crippen molar-refractivity contribution in [3.63, 3.8) is 0 Å². The fraction of sp³-hybridized carbons (Fsp3) is 0.736. The standard InChI is InChI=1S/C72H124O6/c1-4-7-10-13-16-19-22-25-28-30-31-32-33-34-35-36-37-38-39-40-41-42-45-47-50-53-56-59-62-65-71(74)77-68-69(67-76-70(73)64-61-58-55-52-49-46-43-27-24-21-18-15-12-9-6-3)78-72(75)66-63-60-57-54-51-48-44-29-26-23-20-17-14-11-8-5-2/h9,12,18,21-22,25,27,30-31,33-34,43,49,52,58,61,69H,4-8,10-11,13-17,19-20,23-24,26,28-29,32,35-42,44-48,50-51,53-57,59-60,62-68H2,1-3H3/b12-9-,21-18-,25-22-,31-30-,34-33-,43-27-,52-49-,61-58-. The van der Waals surface area contributed by atoms with E-state index < -0.39 is 12.1 Å². The zero-order valence-electron chi connectivity index (χ0n) is 51.4. The molecule has 78 heavy (non-hydrogen) atoms. The van der Waals surface area contributed by atoms with E-state index in [1.165, 1.54) is 199 Å². The molecule has 0 rings (SSSR count). The summed E-state index contributed by atoms with van der Waals surface area (Å²) in [6.07, 6.45) is 88.8. The molecule has 448 valence electrons. The van der Waals surface area contributed by atoms with Crippen molar-refractivity contribution in [2.45, 2.75) is 329 Å². The number of carbonyl (C=O) groups excluding carboxylic acids is 3. The molecule has 0 heterocycles. The predicted molar refractivity (Wildman–Crippen MR) is 339 cm³/mol. The monoisotopic (exact) mass is 1080 g/mol. The van der Waals surface area contributed by atoms with Gasteiger partial charge < -0.3 is 14.2 Å². The van der Waals surface area contributed by atoms with E-state index in [1.54, 1.807) is 6.08 Å². The molecule has 6 nitrogen and oxygen atoms in total. The van der Waals surface area contributed by atoms with E-state index in [0.29, 0.717) is 12.8 Å². The molecule has 0 aliphatic rings. The van der Waals surface area contributed by atoms with Gasteiger partial charge in [0.05, 0.1) is 6.42 Å². The molecule has 0 spiro atoms. The van der Waals surface area contributed by atoms with Crippen LogP contribution in [0.3, 0.4) is 0 Å². The minimum absolute atomic E-state index is 0.105. The Bertz CT molecular complexity index is 1530. The van der Waals surface area contributed by atoms with Gasteiger partial charge in [-0.25, -0.2) is 0 Å². The Kier molecular flexibility index (Phi) is 62.7. The van der Waals surface area contributed by atoms with Gasteiger partial charge in [0, 0.05) is 12.8 Å². The van der Waals surface area contributed by atoms with Gasteiger partial charge in [-0.15, -0.1) is 0 Å². The molecule has 0 saturated heterocycles. The van der Waals surface area contributed by atoms with E-state index in [1.807, 2.05) is 6.08 Å². The molecule has 0 aliphatic carbocycles. The maximum absolute atomic E-state index is 12.9. The van der Waals surface area contributed by atoms with Crippen LogP contribution in [0.25, 0.3) is 0 Å². The summed E-state index contributed by atoms with van der Waals surface area (Å²) in [4.78, 5) is 38.3. The van der Waals surface area contributed by atoms with E-state index in [2.05, 4.69) is 106 Å². The van der Waals surface area contributed by atoms with Crippen molar-refractivity contribution >= 4 is 17.9 Å². The first-order valence-corrected chi connectivity index (χ1v) is 33.2. The molecule has 6 heteroatoms. The van der Waals surface area contributed by atoms with Crippen LogP contribution >= 0.6 is 0 Å². The Hall–Kier alpha value is -3.67. The molecule has 0 fully saturated rings. The molecule has 0 aliphatic heterocycles. The Balaban J connectivity index is 4.31. The predicted octanol–water partition coefficient (Wildman–Crippen LogP) is 22.8. The summed E-state index contributed by atoms with van der Waals surface area (Å²) in [6, 6.07) is 0. The maximum atomic E-state index is 12.9. The summed E-state index contributed by atoms with van der Waals surface area (Å²) in [7, 11) is 0. The summed E-state index contributed by atoms with van der Waals surface area (Å²) in [5.41, 5.74) is 0. The van der Waals surface area contributed by atoms with Crippen molar-refractivity contribution in [2.75, 3.05) is 13.2 Å². The Morgan fingerprint density at radius 2 is 0.551 bits per heavy atom. The lowest BCUT2D eigenvalue weighted by Crippen LogP contribution is -2.30. The Labute approximate surface area is 483 Å². The molecule has 0 saturated carbocycles. The first-order chi connectivity index (χ1) is 38.5. The van der Waals surface area contributed by atoms with E-state index >= 15 is 0 Å². The van der Waals surface area contributed by atoms with Crippen molar-refractivity contribution in [1.82, 2.24) is 0 Å². The maximum Gasteiger partial charge on any atom is 0.309 e. The highest BCUT2D eigenvalue weighted by Gasteiger charge is 2.19. The first-order valence-electron chi connectivity index (χ1n) is 33.2. The third-order valence-electron chi connectivity index (χ3n) is 14.4. The summed E-state index contributed by atoms with van der Waals surface area (Å²) < 4.78 is 16.8. The summed E-state index contributed by atoms with van der Waals surface area (Å²) >= 11 is 0. The summed E-state index contributed by atoms with van der Waals surface area (Å²) in [5.74, 6) is -1.03. The first kappa shape index (κ1) is 74.3. The van der Waals surface area contributed by atoms with Crippen LogP contribution in [0.1, 0.15) is 323 Å². The second kappa shape index (κ2) is 65.8. The molecule has 0 aromatic heterocycles. The van der Waals surface area contributed by atoms with Crippen LogP contribution in [-0.2, 0) is 28.6 Å². The van der Waals surface area contributed by atoms with Gasteiger partial charge in [-0.3, -0.25) is 14.4 Å². The smallest absolute Gasteiger partial charge is 0.309 e. The number of allylic oxidation sites excluding steroid dienone is 15. The molecular formula is C72H124O6. The van der Waals surface area contributed by atoms with E-state index in [4.69, 9.17) is 14.2 Å². The van der Waals surface area contributed by atoms with Gasteiger partial charge in [0.1, 0.15) is 13.2 Å². The SMILES string of the molecule is CC/C=C\C/C=C\C/C=C\C/C=C\C/C=C\CC(=O)OCC(COC(=O)CCCCCCCCCCCCCCCC/C=C\C/C=C\C/C=C\CCCCCCC)OC(=O)CCCCCCCCCCCCCCCCCC.